The molecule has 1 saturated heterocycles. The van der Waals surface area contributed by atoms with Crippen LogP contribution in [-0.4, -0.2) is 63.5 Å². The molecule has 1 fully saturated rings. The number of benzene rings is 1. The van der Waals surface area contributed by atoms with E-state index < -0.39 is 0 Å². The van der Waals surface area contributed by atoms with Crippen LogP contribution in [0.2, 0.25) is 0 Å². The van der Waals surface area contributed by atoms with Crippen LogP contribution in [-0.2, 0) is 0 Å². The third kappa shape index (κ3) is 3.67. The minimum absolute atomic E-state index is 0.0422. The van der Waals surface area contributed by atoms with Crippen molar-refractivity contribution in [2.45, 2.75) is 6.42 Å². The number of nitrogens with two attached hydrogens (primary N) is 1. The molecule has 2 rings (SSSR count). The van der Waals surface area contributed by atoms with Gasteiger partial charge in [0.1, 0.15) is 0 Å². The molecule has 1 amide bonds. The number of nitrogen functional groups attached to an aromatic ring is 1. The molecule has 1 heterocycles. The second-order valence-electron chi connectivity index (χ2n) is 6.27. The lowest BCUT2D eigenvalue weighted by molar-refractivity contribution is 0.0774. The number of amides is 1. The van der Waals surface area contributed by atoms with Gasteiger partial charge in [0.2, 0.25) is 0 Å². The van der Waals surface area contributed by atoms with Gasteiger partial charge < -0.3 is 20.4 Å². The molecule has 5 nitrogen and oxygen atoms in total. The minimum atomic E-state index is 0.0422. The Kier molecular flexibility index (Phi) is 4.73. The fraction of sp³-hybridized carbons (Fsp3) is 0.562. The van der Waals surface area contributed by atoms with Crippen LogP contribution in [0, 0.1) is 5.92 Å². The summed E-state index contributed by atoms with van der Waals surface area (Å²) in [6, 6.07) is 5.51. The second-order valence-corrected chi connectivity index (χ2v) is 6.27. The summed E-state index contributed by atoms with van der Waals surface area (Å²) in [4.78, 5) is 18.8. The Hall–Kier alpha value is -1.75. The first kappa shape index (κ1) is 15.6. The lowest BCUT2D eigenvalue weighted by atomic mass is 10.1. The van der Waals surface area contributed by atoms with Crippen molar-refractivity contribution in [1.29, 1.82) is 0 Å². The van der Waals surface area contributed by atoms with Crippen LogP contribution in [0.1, 0.15) is 16.8 Å². The average Bonchev–Trinajstić information content (AvgIpc) is 2.82. The van der Waals surface area contributed by atoms with Gasteiger partial charge in [-0.2, -0.15) is 0 Å². The lowest BCUT2D eigenvalue weighted by Crippen LogP contribution is -2.33. The zero-order chi connectivity index (χ0) is 15.6. The molecule has 0 aliphatic carbocycles. The number of nitrogens with zero attached hydrogens (tertiary/aromatic N) is 3. The standard InChI is InChI=1S/C16H26N4O/c1-18(2)15-6-5-13(17)9-14(15)16(21)20(4)11-12-7-8-19(3)10-12/h5-6,9,12H,7-8,10-11,17H2,1-4H3. The molecular formula is C16H26N4O. The van der Waals surface area contributed by atoms with Gasteiger partial charge in [-0.15, -0.1) is 0 Å². The highest BCUT2D eigenvalue weighted by atomic mass is 16.2. The molecule has 2 N–H and O–H groups in total. The molecule has 0 spiro atoms. The quantitative estimate of drug-likeness (QED) is 0.851. The summed E-state index contributed by atoms with van der Waals surface area (Å²) in [6.45, 7) is 2.98. The lowest BCUT2D eigenvalue weighted by Gasteiger charge is -2.24. The van der Waals surface area contributed by atoms with Gasteiger partial charge in [0.25, 0.3) is 5.91 Å². The van der Waals surface area contributed by atoms with Crippen molar-refractivity contribution in [2.24, 2.45) is 5.92 Å². The summed E-state index contributed by atoms with van der Waals surface area (Å²) in [5.74, 6) is 0.605. The van der Waals surface area contributed by atoms with E-state index in [1.165, 1.54) is 0 Å². The molecule has 1 aromatic rings. The van der Waals surface area contributed by atoms with Gasteiger partial charge in [0.05, 0.1) is 5.56 Å². The number of hydrogen-bond donors (Lipinski definition) is 1. The van der Waals surface area contributed by atoms with Gasteiger partial charge in [0.15, 0.2) is 0 Å². The van der Waals surface area contributed by atoms with Crippen molar-refractivity contribution in [3.63, 3.8) is 0 Å². The fourth-order valence-corrected chi connectivity index (χ4v) is 2.97. The van der Waals surface area contributed by atoms with Crippen LogP contribution in [0.5, 0.6) is 0 Å². The number of rotatable bonds is 4. The Balaban J connectivity index is 2.13. The van der Waals surface area contributed by atoms with Gasteiger partial charge in [-0.1, -0.05) is 0 Å². The maximum atomic E-state index is 12.7. The highest BCUT2D eigenvalue weighted by molar-refractivity contribution is 6.00. The third-order valence-electron chi connectivity index (χ3n) is 4.10. The van der Waals surface area contributed by atoms with E-state index >= 15 is 0 Å². The number of carbonyl (C=O) groups is 1. The van der Waals surface area contributed by atoms with Crippen molar-refractivity contribution >= 4 is 17.3 Å². The number of hydrogen-bond acceptors (Lipinski definition) is 4. The third-order valence-corrected chi connectivity index (χ3v) is 4.10. The zero-order valence-corrected chi connectivity index (χ0v) is 13.5. The Morgan fingerprint density at radius 2 is 2.10 bits per heavy atom. The number of anilines is 2. The molecule has 0 aromatic heterocycles. The van der Waals surface area contributed by atoms with Crippen LogP contribution < -0.4 is 10.6 Å². The topological polar surface area (TPSA) is 52.8 Å². The molecule has 1 aliphatic rings. The van der Waals surface area contributed by atoms with Crippen molar-refractivity contribution in [3.8, 4) is 0 Å². The number of likely N-dealkylation sites (tertiary alicyclic amines) is 1. The van der Waals surface area contributed by atoms with Crippen LogP contribution in [0.4, 0.5) is 11.4 Å². The van der Waals surface area contributed by atoms with Gasteiger partial charge in [-0.25, -0.2) is 0 Å². The molecule has 0 radical (unpaired) electrons. The molecule has 116 valence electrons. The van der Waals surface area contributed by atoms with Crippen molar-refractivity contribution in [3.05, 3.63) is 23.8 Å². The van der Waals surface area contributed by atoms with Crippen LogP contribution in [0.15, 0.2) is 18.2 Å². The molecule has 0 saturated carbocycles. The molecule has 5 heteroatoms. The van der Waals surface area contributed by atoms with E-state index in [0.717, 1.165) is 31.7 Å². The molecule has 0 bridgehead atoms. The maximum absolute atomic E-state index is 12.7. The van der Waals surface area contributed by atoms with E-state index in [9.17, 15) is 4.79 Å². The molecule has 1 aliphatic heterocycles. The first-order valence-corrected chi connectivity index (χ1v) is 7.39. The SMILES string of the molecule is CN1CCC(CN(C)C(=O)c2cc(N)ccc2N(C)C)C1. The highest BCUT2D eigenvalue weighted by Gasteiger charge is 2.24. The van der Waals surface area contributed by atoms with Crippen molar-refractivity contribution in [1.82, 2.24) is 9.80 Å². The first-order chi connectivity index (χ1) is 9.88. The van der Waals surface area contributed by atoms with E-state index in [4.69, 9.17) is 5.73 Å². The first-order valence-electron chi connectivity index (χ1n) is 7.39. The molecule has 21 heavy (non-hydrogen) atoms. The van der Waals surface area contributed by atoms with Crippen LogP contribution in [0.25, 0.3) is 0 Å². The van der Waals surface area contributed by atoms with E-state index in [1.807, 2.05) is 43.1 Å². The average molecular weight is 290 g/mol. The highest BCUT2D eigenvalue weighted by Crippen LogP contribution is 2.24. The van der Waals surface area contributed by atoms with E-state index in [-0.39, 0.29) is 5.91 Å². The Morgan fingerprint density at radius 3 is 2.67 bits per heavy atom. The minimum Gasteiger partial charge on any atom is -0.399 e. The largest absolute Gasteiger partial charge is 0.399 e. The number of carbonyl (C=O) groups excluding carboxylic acids is 1. The molecule has 1 atom stereocenters. The van der Waals surface area contributed by atoms with E-state index in [0.29, 0.717) is 17.2 Å². The Bertz CT molecular complexity index is 515. The smallest absolute Gasteiger partial charge is 0.255 e. The Morgan fingerprint density at radius 1 is 1.38 bits per heavy atom. The van der Waals surface area contributed by atoms with Gasteiger partial charge in [0, 0.05) is 45.6 Å². The van der Waals surface area contributed by atoms with Crippen molar-refractivity contribution in [2.75, 3.05) is 58.5 Å². The second kappa shape index (κ2) is 6.35. The zero-order valence-electron chi connectivity index (χ0n) is 13.5. The normalized spacial score (nSPS) is 18.8. The predicted octanol–water partition coefficient (Wildman–Crippen LogP) is 1.36. The predicted molar refractivity (Wildman–Crippen MR) is 87.7 cm³/mol. The van der Waals surface area contributed by atoms with Crippen molar-refractivity contribution < 1.29 is 4.79 Å². The monoisotopic (exact) mass is 290 g/mol. The summed E-state index contributed by atoms with van der Waals surface area (Å²) in [5, 5.41) is 0. The maximum Gasteiger partial charge on any atom is 0.255 e. The fourth-order valence-electron chi connectivity index (χ4n) is 2.97. The molecular weight excluding hydrogens is 264 g/mol. The van der Waals surface area contributed by atoms with Gasteiger partial charge >= 0.3 is 0 Å². The van der Waals surface area contributed by atoms with Crippen LogP contribution in [0.3, 0.4) is 0 Å². The van der Waals surface area contributed by atoms with Gasteiger partial charge in [-0.05, 0) is 44.1 Å². The summed E-state index contributed by atoms with van der Waals surface area (Å²) in [7, 11) is 7.88. The Labute approximate surface area is 127 Å². The van der Waals surface area contributed by atoms with Crippen LogP contribution >= 0.6 is 0 Å². The summed E-state index contributed by atoms with van der Waals surface area (Å²) in [5.41, 5.74) is 8.06. The van der Waals surface area contributed by atoms with Gasteiger partial charge in [-0.3, -0.25) is 4.79 Å². The summed E-state index contributed by atoms with van der Waals surface area (Å²) < 4.78 is 0. The van der Waals surface area contributed by atoms with E-state index in [2.05, 4.69) is 11.9 Å². The molecule has 1 aromatic carbocycles. The summed E-state index contributed by atoms with van der Waals surface area (Å²) in [6.07, 6.45) is 1.16. The van der Waals surface area contributed by atoms with E-state index in [1.54, 1.807) is 6.07 Å². The summed E-state index contributed by atoms with van der Waals surface area (Å²) >= 11 is 0. The molecule has 1 unspecified atom stereocenters.